The van der Waals surface area contributed by atoms with Crippen LogP contribution in [0.1, 0.15) is 46.5 Å². The van der Waals surface area contributed by atoms with Crippen molar-refractivity contribution in [2.24, 2.45) is 22.7 Å². The fraction of sp³-hybridized carbons (Fsp3) is 0.857. The van der Waals surface area contributed by atoms with Gasteiger partial charge in [-0.1, -0.05) is 27.2 Å². The number of ketones is 1. The van der Waals surface area contributed by atoms with Crippen molar-refractivity contribution in [3.05, 3.63) is 0 Å². The van der Waals surface area contributed by atoms with Crippen molar-refractivity contribution < 1.29 is 19.8 Å². The molecule has 0 unspecified atom stereocenters. The number of hydrogen-bond donors (Lipinski definition) is 2. The maximum Gasteiger partial charge on any atom is 0.316 e. The highest BCUT2D eigenvalue weighted by Gasteiger charge is 2.58. The van der Waals surface area contributed by atoms with Gasteiger partial charge in [0.05, 0.1) is 6.10 Å². The minimum Gasteiger partial charge on any atom is -0.481 e. The van der Waals surface area contributed by atoms with Crippen LogP contribution in [0.3, 0.4) is 0 Å². The van der Waals surface area contributed by atoms with Crippen LogP contribution in [-0.2, 0) is 9.59 Å². The molecule has 0 spiro atoms. The summed E-state index contributed by atoms with van der Waals surface area (Å²) in [5.74, 6) is -2.65. The smallest absolute Gasteiger partial charge is 0.316 e. The summed E-state index contributed by atoms with van der Waals surface area (Å²) >= 11 is 0. The highest BCUT2D eigenvalue weighted by atomic mass is 16.4. The summed E-state index contributed by atoms with van der Waals surface area (Å²) in [6.45, 7) is 6.19. The molecule has 2 aliphatic rings. The number of Topliss-reactive ketones (excluding diaryl/α,β-unsaturated/α-hetero) is 1. The molecule has 2 N–H and O–H groups in total. The second-order valence-electron chi connectivity index (χ2n) is 6.83. The number of aliphatic hydroxyl groups excluding tert-OH is 1. The van der Waals surface area contributed by atoms with Crippen LogP contribution in [0, 0.1) is 22.7 Å². The van der Waals surface area contributed by atoms with Gasteiger partial charge in [0, 0.05) is 6.42 Å². The lowest BCUT2D eigenvalue weighted by molar-refractivity contribution is -0.177. The molecule has 0 amide bonds. The quantitative estimate of drug-likeness (QED) is 0.700. The lowest BCUT2D eigenvalue weighted by Crippen LogP contribution is -2.59. The zero-order valence-electron chi connectivity index (χ0n) is 11.3. The van der Waals surface area contributed by atoms with Crippen molar-refractivity contribution in [1.82, 2.24) is 0 Å². The zero-order valence-corrected chi connectivity index (χ0v) is 11.3. The third-order valence-electron chi connectivity index (χ3n) is 5.29. The van der Waals surface area contributed by atoms with E-state index in [9.17, 15) is 14.7 Å². The number of carboxylic acids is 1. The molecule has 0 aliphatic heterocycles. The van der Waals surface area contributed by atoms with Crippen LogP contribution >= 0.6 is 0 Å². The van der Waals surface area contributed by atoms with E-state index in [4.69, 9.17) is 5.11 Å². The summed E-state index contributed by atoms with van der Waals surface area (Å²) in [6, 6.07) is 0. The molecule has 0 heterocycles. The summed E-state index contributed by atoms with van der Waals surface area (Å²) in [5.41, 5.74) is -0.453. The van der Waals surface area contributed by atoms with Crippen LogP contribution in [-0.4, -0.2) is 28.1 Å². The molecule has 0 radical (unpaired) electrons. The molecule has 2 fully saturated rings. The molecule has 0 saturated heterocycles. The predicted molar refractivity (Wildman–Crippen MR) is 66.0 cm³/mol. The molecule has 0 aromatic heterocycles. The van der Waals surface area contributed by atoms with E-state index in [0.717, 1.165) is 19.3 Å². The lowest BCUT2D eigenvalue weighted by Gasteiger charge is -2.56. The molecule has 4 atom stereocenters. The number of fused-ring (bicyclic) bond motifs is 1. The number of carboxylic acid groups (broad SMARTS) is 1. The minimum absolute atomic E-state index is 0.00683. The van der Waals surface area contributed by atoms with Crippen LogP contribution in [0.2, 0.25) is 0 Å². The Hall–Kier alpha value is -0.900. The van der Waals surface area contributed by atoms with Gasteiger partial charge in [-0.2, -0.15) is 0 Å². The number of carbonyl (C=O) groups is 2. The SMILES string of the molecule is CC1(C)CCC[C@]2(C)[C@@H]1CC(=O)[C@H](C(=O)O)[C@@H]2O. The Bertz CT molecular complexity index is 387. The van der Waals surface area contributed by atoms with Crippen molar-refractivity contribution >= 4 is 11.8 Å². The highest BCUT2D eigenvalue weighted by Crippen LogP contribution is 2.57. The normalized spacial score (nSPS) is 43.3. The molecule has 4 heteroatoms. The molecular formula is C14H22O4. The van der Waals surface area contributed by atoms with Gasteiger partial charge in [0.25, 0.3) is 0 Å². The fourth-order valence-electron chi connectivity index (χ4n) is 4.19. The number of hydrogen-bond acceptors (Lipinski definition) is 3. The predicted octanol–water partition coefficient (Wildman–Crippen LogP) is 1.85. The van der Waals surface area contributed by atoms with Crippen molar-refractivity contribution in [2.45, 2.75) is 52.6 Å². The molecular weight excluding hydrogens is 232 g/mol. The maximum absolute atomic E-state index is 12.0. The second kappa shape index (κ2) is 4.05. The molecule has 18 heavy (non-hydrogen) atoms. The Labute approximate surface area is 107 Å². The first-order chi connectivity index (χ1) is 8.20. The van der Waals surface area contributed by atoms with E-state index >= 15 is 0 Å². The first-order valence-electron chi connectivity index (χ1n) is 6.64. The van der Waals surface area contributed by atoms with E-state index in [0.29, 0.717) is 0 Å². The number of carbonyl (C=O) groups excluding carboxylic acids is 1. The summed E-state index contributed by atoms with van der Waals surface area (Å²) in [7, 11) is 0. The first-order valence-corrected chi connectivity index (χ1v) is 6.64. The van der Waals surface area contributed by atoms with E-state index in [2.05, 4.69) is 13.8 Å². The van der Waals surface area contributed by atoms with Gasteiger partial charge in [-0.25, -0.2) is 0 Å². The van der Waals surface area contributed by atoms with E-state index in [1.807, 2.05) is 6.92 Å². The Balaban J connectivity index is 2.40. The Kier molecular flexibility index (Phi) is 3.05. The van der Waals surface area contributed by atoms with Crippen LogP contribution < -0.4 is 0 Å². The van der Waals surface area contributed by atoms with E-state index in [1.165, 1.54) is 0 Å². The topological polar surface area (TPSA) is 74.6 Å². The Morgan fingerprint density at radius 1 is 1.28 bits per heavy atom. The third-order valence-corrected chi connectivity index (χ3v) is 5.29. The first kappa shape index (κ1) is 13.5. The van der Waals surface area contributed by atoms with Crippen molar-refractivity contribution in [1.29, 1.82) is 0 Å². The molecule has 0 aromatic rings. The van der Waals surface area contributed by atoms with Crippen molar-refractivity contribution in [2.75, 3.05) is 0 Å². The molecule has 102 valence electrons. The molecule has 4 nitrogen and oxygen atoms in total. The minimum atomic E-state index is -1.24. The van der Waals surface area contributed by atoms with E-state index in [1.54, 1.807) is 0 Å². The average Bonchev–Trinajstić information content (AvgIpc) is 2.21. The Morgan fingerprint density at radius 3 is 2.44 bits per heavy atom. The summed E-state index contributed by atoms with van der Waals surface area (Å²) in [6.07, 6.45) is 2.06. The van der Waals surface area contributed by atoms with Gasteiger partial charge in [0.1, 0.15) is 11.7 Å². The summed E-state index contributed by atoms with van der Waals surface area (Å²) in [4.78, 5) is 23.2. The van der Waals surface area contributed by atoms with Gasteiger partial charge in [0.15, 0.2) is 0 Å². The molecule has 2 aliphatic carbocycles. The lowest BCUT2D eigenvalue weighted by atomic mass is 9.49. The molecule has 0 aromatic carbocycles. The number of aliphatic hydroxyl groups is 1. The summed E-state index contributed by atoms with van der Waals surface area (Å²) in [5, 5.41) is 19.5. The molecule has 2 saturated carbocycles. The number of aliphatic carboxylic acids is 1. The largest absolute Gasteiger partial charge is 0.481 e. The number of rotatable bonds is 1. The maximum atomic E-state index is 12.0. The van der Waals surface area contributed by atoms with Gasteiger partial charge < -0.3 is 10.2 Å². The van der Waals surface area contributed by atoms with E-state index < -0.39 is 23.4 Å². The zero-order chi connectivity index (χ0) is 13.7. The fourth-order valence-corrected chi connectivity index (χ4v) is 4.19. The van der Waals surface area contributed by atoms with Crippen molar-refractivity contribution in [3.63, 3.8) is 0 Å². The molecule has 0 bridgehead atoms. The van der Waals surface area contributed by atoms with Crippen LogP contribution in [0.15, 0.2) is 0 Å². The van der Waals surface area contributed by atoms with Crippen molar-refractivity contribution in [3.8, 4) is 0 Å². The van der Waals surface area contributed by atoms with Crippen LogP contribution in [0.4, 0.5) is 0 Å². The third kappa shape index (κ3) is 1.78. The summed E-state index contributed by atoms with van der Waals surface area (Å²) < 4.78 is 0. The second-order valence-corrected chi connectivity index (χ2v) is 6.83. The van der Waals surface area contributed by atoms with Gasteiger partial charge in [-0.05, 0) is 29.6 Å². The van der Waals surface area contributed by atoms with Gasteiger partial charge in [0.2, 0.25) is 0 Å². The van der Waals surface area contributed by atoms with E-state index in [-0.39, 0.29) is 23.5 Å². The van der Waals surface area contributed by atoms with Gasteiger partial charge >= 0.3 is 5.97 Å². The van der Waals surface area contributed by atoms with Crippen LogP contribution in [0.25, 0.3) is 0 Å². The van der Waals surface area contributed by atoms with Gasteiger partial charge in [-0.15, -0.1) is 0 Å². The van der Waals surface area contributed by atoms with Gasteiger partial charge in [-0.3, -0.25) is 9.59 Å². The highest BCUT2D eigenvalue weighted by molar-refractivity contribution is 5.99. The Morgan fingerprint density at radius 2 is 1.89 bits per heavy atom. The average molecular weight is 254 g/mol. The van der Waals surface area contributed by atoms with Crippen LogP contribution in [0.5, 0.6) is 0 Å². The standard InChI is InChI=1S/C14H22O4/c1-13(2)5-4-6-14(3)9(13)7-8(15)10(11(14)16)12(17)18/h9-11,16H,4-7H2,1-3H3,(H,17,18)/t9-,10+,11+,14-/m1/s1. The monoisotopic (exact) mass is 254 g/mol. The molecule has 2 rings (SSSR count).